The van der Waals surface area contributed by atoms with E-state index in [-0.39, 0.29) is 11.6 Å². The third-order valence-corrected chi connectivity index (χ3v) is 14.9. The summed E-state index contributed by atoms with van der Waals surface area (Å²) in [6, 6.07) is 27.1. The van der Waals surface area contributed by atoms with E-state index in [1.54, 1.807) is 14.2 Å². The highest BCUT2D eigenvalue weighted by Crippen LogP contribution is 2.53. The number of nitrogens with one attached hydrogen (secondary N) is 1. The van der Waals surface area contributed by atoms with Crippen LogP contribution in [0.2, 0.25) is 18.1 Å². The second kappa shape index (κ2) is 13.0. The van der Waals surface area contributed by atoms with Gasteiger partial charge in [0.25, 0.3) is 5.56 Å². The van der Waals surface area contributed by atoms with Gasteiger partial charge in [-0.1, -0.05) is 75.4 Å². The summed E-state index contributed by atoms with van der Waals surface area (Å²) in [5.41, 5.74) is -0.690. The van der Waals surface area contributed by atoms with E-state index in [4.69, 9.17) is 28.1 Å². The van der Waals surface area contributed by atoms with Crippen molar-refractivity contribution in [2.45, 2.75) is 81.6 Å². The van der Waals surface area contributed by atoms with Crippen LogP contribution in [0.4, 0.5) is 0 Å². The first-order chi connectivity index (χ1) is 23.3. The standard InChI is InChI=1S/C38H46N2O8Si/c1-25(37-24-45-32(33(37)48-49(7,8)36(2,3)4)34(47-37)40-23-22-31(41)39-35(40)42)46-38(26-12-10-9-11-13-26,27-14-18-29(43-5)19-15-27)28-16-20-30(44-6)21-17-28/h9-23,25,32-34H,24H2,1-8H3,(H,39,41,42)/t25-,32-,33+,34-,37-/m1/s1. The molecule has 11 heteroatoms. The Kier molecular flexibility index (Phi) is 9.27. The van der Waals surface area contributed by atoms with Gasteiger partial charge >= 0.3 is 5.69 Å². The fourth-order valence-corrected chi connectivity index (χ4v) is 7.96. The Morgan fingerprint density at radius 2 is 1.41 bits per heavy atom. The smallest absolute Gasteiger partial charge is 0.330 e. The molecule has 6 rings (SSSR count). The Morgan fingerprint density at radius 1 is 0.857 bits per heavy atom. The molecule has 3 aromatic carbocycles. The minimum atomic E-state index is -2.42. The Hall–Kier alpha value is -4.00. The molecule has 1 N–H and O–H groups in total. The number of aromatic nitrogens is 2. The van der Waals surface area contributed by atoms with Gasteiger partial charge < -0.3 is 28.1 Å². The van der Waals surface area contributed by atoms with Gasteiger partial charge in [0.15, 0.2) is 14.5 Å². The van der Waals surface area contributed by atoms with Crippen LogP contribution in [0, 0.1) is 0 Å². The third-order valence-electron chi connectivity index (χ3n) is 10.5. The first kappa shape index (κ1) is 34.8. The minimum absolute atomic E-state index is 0.120. The first-order valence-corrected chi connectivity index (χ1v) is 19.5. The minimum Gasteiger partial charge on any atom is -0.497 e. The van der Waals surface area contributed by atoms with Gasteiger partial charge in [0.2, 0.25) is 0 Å². The number of ether oxygens (including phenoxy) is 5. The van der Waals surface area contributed by atoms with Gasteiger partial charge in [0.1, 0.15) is 34.9 Å². The lowest BCUT2D eigenvalue weighted by Gasteiger charge is -2.46. The lowest BCUT2D eigenvalue weighted by Crippen LogP contribution is -2.58. The predicted octanol–water partition coefficient (Wildman–Crippen LogP) is 6.01. The van der Waals surface area contributed by atoms with Crippen molar-refractivity contribution in [2.75, 3.05) is 20.8 Å². The van der Waals surface area contributed by atoms with Crippen molar-refractivity contribution in [3.63, 3.8) is 0 Å². The molecule has 260 valence electrons. The zero-order chi connectivity index (χ0) is 35.2. The number of hydrogen-bond acceptors (Lipinski definition) is 8. The molecule has 2 bridgehead atoms. The van der Waals surface area contributed by atoms with Gasteiger partial charge in [0, 0.05) is 12.3 Å². The normalized spacial score (nSPS) is 23.0. The average molecular weight is 687 g/mol. The van der Waals surface area contributed by atoms with Crippen LogP contribution < -0.4 is 20.7 Å². The average Bonchev–Trinajstić information content (AvgIpc) is 3.59. The van der Waals surface area contributed by atoms with Crippen LogP contribution in [-0.2, 0) is 24.2 Å². The second-order valence-corrected chi connectivity index (χ2v) is 19.1. The highest BCUT2D eigenvalue weighted by Gasteiger charge is 2.68. The summed E-state index contributed by atoms with van der Waals surface area (Å²) < 4.78 is 40.6. The van der Waals surface area contributed by atoms with Crippen LogP contribution in [0.25, 0.3) is 0 Å². The highest BCUT2D eigenvalue weighted by atomic mass is 28.4. The molecule has 49 heavy (non-hydrogen) atoms. The molecule has 10 nitrogen and oxygen atoms in total. The van der Waals surface area contributed by atoms with Crippen LogP contribution in [0.15, 0.2) is 101 Å². The summed E-state index contributed by atoms with van der Waals surface area (Å²) in [5.74, 6) is 1.44. The van der Waals surface area contributed by atoms with Gasteiger partial charge in [-0.25, -0.2) is 4.79 Å². The maximum Gasteiger partial charge on any atom is 0.330 e. The van der Waals surface area contributed by atoms with Crippen LogP contribution in [0.1, 0.15) is 50.6 Å². The Labute approximate surface area is 288 Å². The third kappa shape index (κ3) is 6.08. The number of H-pyrrole nitrogens is 1. The van der Waals surface area contributed by atoms with Crippen molar-refractivity contribution < 1.29 is 28.1 Å². The molecule has 4 aromatic rings. The SMILES string of the molecule is COc1ccc(C(O[C@H](C)[C@@]23CO[C@@H]([C@H](n4ccc(=O)[nH]c4=O)O2)[C@@H]3O[Si](C)(C)C(C)(C)C)(c2ccccc2)c2ccc(OC)cc2)cc1. The topological polar surface area (TPSA) is 110 Å². The van der Waals surface area contributed by atoms with Crippen molar-refractivity contribution in [1.29, 1.82) is 0 Å². The van der Waals surface area contributed by atoms with E-state index in [0.717, 1.165) is 28.2 Å². The zero-order valence-corrected chi connectivity index (χ0v) is 30.4. The van der Waals surface area contributed by atoms with Gasteiger partial charge in [-0.3, -0.25) is 14.3 Å². The lowest BCUT2D eigenvalue weighted by atomic mass is 9.79. The molecule has 2 saturated heterocycles. The monoisotopic (exact) mass is 686 g/mol. The molecule has 3 heterocycles. The first-order valence-electron chi connectivity index (χ1n) is 16.6. The fourth-order valence-electron chi connectivity index (χ4n) is 6.64. The van der Waals surface area contributed by atoms with E-state index >= 15 is 0 Å². The molecule has 1 aromatic heterocycles. The molecular formula is C38H46N2O8Si. The Morgan fingerprint density at radius 3 is 1.92 bits per heavy atom. The van der Waals surface area contributed by atoms with Crippen molar-refractivity contribution in [2.24, 2.45) is 0 Å². The molecule has 0 unspecified atom stereocenters. The van der Waals surface area contributed by atoms with E-state index in [9.17, 15) is 9.59 Å². The largest absolute Gasteiger partial charge is 0.497 e. The number of nitrogens with zero attached hydrogens (tertiary/aromatic N) is 1. The second-order valence-electron chi connectivity index (χ2n) is 14.3. The number of hydrogen-bond donors (Lipinski definition) is 1. The summed E-state index contributed by atoms with van der Waals surface area (Å²) in [5, 5.41) is -0.120. The quantitative estimate of drug-likeness (QED) is 0.151. The molecule has 0 spiro atoms. The van der Waals surface area contributed by atoms with Gasteiger partial charge in [-0.2, -0.15) is 0 Å². The molecule has 2 aliphatic heterocycles. The van der Waals surface area contributed by atoms with E-state index < -0.39 is 55.3 Å². The van der Waals surface area contributed by atoms with Crippen LogP contribution >= 0.6 is 0 Å². The number of fused-ring (bicyclic) bond motifs is 2. The lowest BCUT2D eigenvalue weighted by molar-refractivity contribution is -0.230. The van der Waals surface area contributed by atoms with E-state index in [1.807, 2.05) is 73.7 Å². The predicted molar refractivity (Wildman–Crippen MR) is 189 cm³/mol. The van der Waals surface area contributed by atoms with Gasteiger partial charge in [0.05, 0.1) is 26.9 Å². The van der Waals surface area contributed by atoms with Crippen LogP contribution in [-0.4, -0.2) is 62.6 Å². The summed E-state index contributed by atoms with van der Waals surface area (Å²) in [7, 11) is 0.861. The molecular weight excluding hydrogens is 641 g/mol. The summed E-state index contributed by atoms with van der Waals surface area (Å²) in [6.07, 6.45) is -1.27. The highest BCUT2D eigenvalue weighted by molar-refractivity contribution is 6.74. The number of rotatable bonds is 11. The van der Waals surface area contributed by atoms with Crippen LogP contribution in [0.5, 0.6) is 11.5 Å². The molecule has 5 atom stereocenters. The molecule has 0 radical (unpaired) electrons. The van der Waals surface area contributed by atoms with Gasteiger partial charge in [-0.05, 0) is 66.0 Å². The molecule has 2 aliphatic rings. The van der Waals surface area contributed by atoms with Crippen molar-refractivity contribution in [3.8, 4) is 11.5 Å². The number of aromatic amines is 1. The molecule has 0 amide bonds. The Bertz CT molecular complexity index is 1820. The van der Waals surface area contributed by atoms with E-state index in [2.05, 4.69) is 51.0 Å². The van der Waals surface area contributed by atoms with Crippen LogP contribution in [0.3, 0.4) is 0 Å². The van der Waals surface area contributed by atoms with E-state index in [0.29, 0.717) is 0 Å². The fraction of sp³-hybridized carbons (Fsp3) is 0.421. The van der Waals surface area contributed by atoms with Crippen molar-refractivity contribution >= 4 is 8.32 Å². The number of methoxy groups -OCH3 is 2. The summed E-state index contributed by atoms with van der Waals surface area (Å²) in [4.78, 5) is 27.5. The van der Waals surface area contributed by atoms with E-state index in [1.165, 1.54) is 16.8 Å². The maximum absolute atomic E-state index is 13.1. The zero-order valence-electron chi connectivity index (χ0n) is 29.4. The Balaban J connectivity index is 1.53. The summed E-state index contributed by atoms with van der Waals surface area (Å²) in [6.45, 7) is 13.1. The van der Waals surface area contributed by atoms with Crippen molar-refractivity contribution in [3.05, 3.63) is 129 Å². The molecule has 0 saturated carbocycles. The molecule has 0 aliphatic carbocycles. The molecule has 2 fully saturated rings. The van der Waals surface area contributed by atoms with Gasteiger partial charge in [-0.15, -0.1) is 0 Å². The summed E-state index contributed by atoms with van der Waals surface area (Å²) >= 11 is 0. The number of benzene rings is 3. The van der Waals surface area contributed by atoms with Crippen molar-refractivity contribution in [1.82, 2.24) is 9.55 Å². The maximum atomic E-state index is 13.1.